The Morgan fingerprint density at radius 3 is 2.56 bits per heavy atom. The third kappa shape index (κ3) is 4.83. The van der Waals surface area contributed by atoms with E-state index in [-0.39, 0.29) is 5.75 Å². The summed E-state index contributed by atoms with van der Waals surface area (Å²) in [5.41, 5.74) is 1.40. The van der Waals surface area contributed by atoms with Crippen molar-refractivity contribution >= 4 is 33.6 Å². The number of benzene rings is 2. The number of methoxy groups -OCH3 is 1. The molecule has 0 amide bonds. The molecule has 3 rings (SSSR count). The monoisotopic (exact) mass is 400 g/mol. The number of hydrogen-bond donors (Lipinski definition) is 0. The van der Waals surface area contributed by atoms with Gasteiger partial charge in [-0.1, -0.05) is 18.2 Å². The van der Waals surface area contributed by atoms with E-state index in [9.17, 15) is 12.8 Å². The average Bonchev–Trinajstić information content (AvgIpc) is 3.09. The maximum absolute atomic E-state index is 13.2. The molecule has 1 aliphatic heterocycles. The van der Waals surface area contributed by atoms with Crippen LogP contribution in [0.15, 0.2) is 42.5 Å². The third-order valence-corrected chi connectivity index (χ3v) is 7.76. The fourth-order valence-electron chi connectivity index (χ4n) is 2.45. The Hall–Kier alpha value is -1.38. The first-order chi connectivity index (χ1) is 12.0. The second kappa shape index (κ2) is 7.88. The van der Waals surface area contributed by atoms with E-state index in [2.05, 4.69) is 0 Å². The minimum absolute atomic E-state index is 0.135. The molecule has 0 radical (unpaired) electrons. The van der Waals surface area contributed by atoms with Crippen LogP contribution in [0.25, 0.3) is 0 Å². The van der Waals surface area contributed by atoms with Crippen molar-refractivity contribution in [3.8, 4) is 11.5 Å². The Bertz CT molecular complexity index is 849. The van der Waals surface area contributed by atoms with Gasteiger partial charge in [0.25, 0.3) is 0 Å². The fourth-order valence-corrected chi connectivity index (χ4v) is 6.34. The van der Waals surface area contributed by atoms with Crippen LogP contribution in [-0.4, -0.2) is 27.0 Å². The topological polar surface area (TPSA) is 52.6 Å². The van der Waals surface area contributed by atoms with Crippen LogP contribution < -0.4 is 8.92 Å². The molecule has 134 valence electrons. The van der Waals surface area contributed by atoms with Crippen LogP contribution in [0.4, 0.5) is 4.39 Å². The lowest BCUT2D eigenvalue weighted by molar-refractivity contribution is 0.390. The lowest BCUT2D eigenvalue weighted by Crippen LogP contribution is -2.13. The highest BCUT2D eigenvalue weighted by Gasteiger charge is 2.22. The quantitative estimate of drug-likeness (QED) is 0.677. The zero-order valence-corrected chi connectivity index (χ0v) is 15.9. The Morgan fingerprint density at radius 1 is 1.12 bits per heavy atom. The summed E-state index contributed by atoms with van der Waals surface area (Å²) in [4.78, 5) is 0. The van der Waals surface area contributed by atoms with Gasteiger partial charge >= 0.3 is 10.1 Å². The standard InChI is InChI=1S/C17H17FO4S3/c1-21-16-10-13(17-23-7-8-24-17)5-6-15(16)22-25(19,20)11-12-3-2-4-14(18)9-12/h2-6,9-10,17H,7-8,11H2,1H3. The molecule has 8 heteroatoms. The van der Waals surface area contributed by atoms with Gasteiger partial charge in [0, 0.05) is 11.5 Å². The summed E-state index contributed by atoms with van der Waals surface area (Å²) in [5, 5.41) is 0. The number of rotatable bonds is 6. The van der Waals surface area contributed by atoms with E-state index in [1.807, 2.05) is 35.7 Å². The van der Waals surface area contributed by atoms with E-state index < -0.39 is 21.7 Å². The summed E-state index contributed by atoms with van der Waals surface area (Å²) in [6.07, 6.45) is 0. The summed E-state index contributed by atoms with van der Waals surface area (Å²) in [5.74, 6) is 1.80. The van der Waals surface area contributed by atoms with E-state index in [0.717, 1.165) is 17.1 Å². The molecule has 1 saturated heterocycles. The first-order valence-corrected chi connectivity index (χ1v) is 11.2. The van der Waals surface area contributed by atoms with Gasteiger partial charge in [0.2, 0.25) is 0 Å². The normalized spacial score (nSPS) is 15.3. The molecule has 2 aromatic rings. The smallest absolute Gasteiger partial charge is 0.313 e. The van der Waals surface area contributed by atoms with E-state index in [1.54, 1.807) is 12.1 Å². The fraction of sp³-hybridized carbons (Fsp3) is 0.294. The second-order valence-electron chi connectivity index (χ2n) is 5.40. The molecule has 0 saturated carbocycles. The molecule has 0 atom stereocenters. The van der Waals surface area contributed by atoms with Crippen LogP contribution in [-0.2, 0) is 15.9 Å². The molecule has 2 aromatic carbocycles. The molecule has 0 aliphatic carbocycles. The maximum Gasteiger partial charge on any atom is 0.313 e. The van der Waals surface area contributed by atoms with E-state index in [1.165, 1.54) is 25.3 Å². The molecule has 0 spiro atoms. The Labute approximate surface area is 155 Å². The van der Waals surface area contributed by atoms with E-state index in [0.29, 0.717) is 15.9 Å². The first-order valence-electron chi connectivity index (χ1n) is 7.54. The number of hydrogen-bond acceptors (Lipinski definition) is 6. The third-order valence-electron chi connectivity index (χ3n) is 3.53. The van der Waals surface area contributed by atoms with Crippen LogP contribution >= 0.6 is 23.5 Å². The van der Waals surface area contributed by atoms with Crippen molar-refractivity contribution in [2.45, 2.75) is 10.3 Å². The second-order valence-corrected chi connectivity index (χ2v) is 9.69. The first kappa shape index (κ1) is 18.4. The van der Waals surface area contributed by atoms with Gasteiger partial charge in [-0.15, -0.1) is 23.5 Å². The molecular formula is C17H17FO4S3. The van der Waals surface area contributed by atoms with Crippen LogP contribution in [0, 0.1) is 5.82 Å². The van der Waals surface area contributed by atoms with Gasteiger partial charge in [0.05, 0.1) is 11.7 Å². The molecule has 0 unspecified atom stereocenters. The molecule has 1 aliphatic rings. The molecule has 1 heterocycles. The lowest BCUT2D eigenvalue weighted by atomic mass is 10.2. The van der Waals surface area contributed by atoms with E-state index in [4.69, 9.17) is 8.92 Å². The Kier molecular flexibility index (Phi) is 5.81. The maximum atomic E-state index is 13.2. The molecular weight excluding hydrogens is 383 g/mol. The number of thioether (sulfide) groups is 2. The van der Waals surface area contributed by atoms with Crippen LogP contribution in [0.2, 0.25) is 0 Å². The number of halogens is 1. The largest absolute Gasteiger partial charge is 0.493 e. The van der Waals surface area contributed by atoms with E-state index >= 15 is 0 Å². The predicted octanol–water partition coefficient (Wildman–Crippen LogP) is 4.22. The van der Waals surface area contributed by atoms with Gasteiger partial charge in [-0.25, -0.2) is 4.39 Å². The van der Waals surface area contributed by atoms with Gasteiger partial charge in [-0.05, 0) is 35.4 Å². The van der Waals surface area contributed by atoms with Crippen molar-refractivity contribution in [3.63, 3.8) is 0 Å². The molecule has 0 bridgehead atoms. The van der Waals surface area contributed by atoms with Crippen LogP contribution in [0.3, 0.4) is 0 Å². The van der Waals surface area contributed by atoms with Gasteiger partial charge in [-0.3, -0.25) is 0 Å². The molecule has 4 nitrogen and oxygen atoms in total. The van der Waals surface area contributed by atoms with Crippen molar-refractivity contribution in [1.29, 1.82) is 0 Å². The summed E-state index contributed by atoms with van der Waals surface area (Å²) in [6, 6.07) is 10.7. The van der Waals surface area contributed by atoms with Gasteiger partial charge in [0.15, 0.2) is 11.5 Å². The zero-order chi connectivity index (χ0) is 17.9. The Morgan fingerprint density at radius 2 is 1.88 bits per heavy atom. The molecule has 0 N–H and O–H groups in total. The summed E-state index contributed by atoms with van der Waals surface area (Å²) < 4.78 is 48.6. The SMILES string of the molecule is COc1cc(C2SCCS2)ccc1OS(=O)(=O)Cc1cccc(F)c1. The predicted molar refractivity (Wildman–Crippen MR) is 100 cm³/mol. The molecule has 1 fully saturated rings. The van der Waals surface area contributed by atoms with Crippen molar-refractivity contribution < 1.29 is 21.7 Å². The highest BCUT2D eigenvalue weighted by molar-refractivity contribution is 8.19. The summed E-state index contributed by atoms with van der Waals surface area (Å²) >= 11 is 3.70. The highest BCUT2D eigenvalue weighted by atomic mass is 32.2. The molecule has 25 heavy (non-hydrogen) atoms. The lowest BCUT2D eigenvalue weighted by Gasteiger charge is -2.14. The van der Waals surface area contributed by atoms with Crippen LogP contribution in [0.5, 0.6) is 11.5 Å². The van der Waals surface area contributed by atoms with Gasteiger partial charge in [-0.2, -0.15) is 8.42 Å². The van der Waals surface area contributed by atoms with Gasteiger partial charge in [0.1, 0.15) is 11.6 Å². The Balaban J connectivity index is 1.78. The summed E-state index contributed by atoms with van der Waals surface area (Å²) in [7, 11) is -2.45. The minimum Gasteiger partial charge on any atom is -0.493 e. The minimum atomic E-state index is -3.93. The molecule has 0 aromatic heterocycles. The van der Waals surface area contributed by atoms with Gasteiger partial charge < -0.3 is 8.92 Å². The summed E-state index contributed by atoms with van der Waals surface area (Å²) in [6.45, 7) is 0. The van der Waals surface area contributed by atoms with Crippen molar-refractivity contribution in [2.75, 3.05) is 18.6 Å². The van der Waals surface area contributed by atoms with Crippen molar-refractivity contribution in [1.82, 2.24) is 0 Å². The zero-order valence-electron chi connectivity index (χ0n) is 13.5. The van der Waals surface area contributed by atoms with Crippen molar-refractivity contribution in [3.05, 3.63) is 59.4 Å². The highest BCUT2D eigenvalue weighted by Crippen LogP contribution is 2.47. The average molecular weight is 401 g/mol. The van der Waals surface area contributed by atoms with Crippen LogP contribution in [0.1, 0.15) is 15.7 Å². The van der Waals surface area contributed by atoms with Crippen molar-refractivity contribution in [2.24, 2.45) is 0 Å². The number of ether oxygens (including phenoxy) is 1.